The number of H-pyrrole nitrogens is 1. The standard InChI is InChI=1S/C40H44BrClN6O5S/c1-5-8-19-45(20-9-6-2)40(51)37-36(42)26(4)48(44-37)35-17-14-28(22-32(35)39(50)46-21-18-27-12-10-11-13-29(27)25-46)38(49)47(7-3)54(52,53)30-15-16-34-31(23-30)33(41)24-43-34/h10-17,22-24,43H,5-9,18-21,25H2,1-4H3. The zero-order chi connectivity index (χ0) is 38.7. The topological polar surface area (TPSA) is 129 Å². The van der Waals surface area contributed by atoms with E-state index in [2.05, 4.69) is 34.8 Å². The van der Waals surface area contributed by atoms with Crippen LogP contribution in [0.25, 0.3) is 16.6 Å². The van der Waals surface area contributed by atoms with Crippen LogP contribution < -0.4 is 0 Å². The third-order valence-corrected chi connectivity index (χ3v) is 12.9. The number of halogens is 2. The van der Waals surface area contributed by atoms with E-state index in [0.29, 0.717) is 53.8 Å². The Labute approximate surface area is 329 Å². The molecule has 0 atom stereocenters. The third-order valence-electron chi connectivity index (χ3n) is 9.92. The van der Waals surface area contributed by atoms with Crippen LogP contribution in [0.5, 0.6) is 0 Å². The number of aromatic amines is 1. The van der Waals surface area contributed by atoms with Crippen molar-refractivity contribution in [3.05, 3.63) is 110 Å². The minimum Gasteiger partial charge on any atom is -0.360 e. The highest BCUT2D eigenvalue weighted by atomic mass is 79.9. The molecule has 284 valence electrons. The number of rotatable bonds is 13. The monoisotopic (exact) mass is 834 g/mol. The highest BCUT2D eigenvalue weighted by molar-refractivity contribution is 9.10. The molecule has 14 heteroatoms. The summed E-state index contributed by atoms with van der Waals surface area (Å²) in [6.07, 6.45) is 5.88. The van der Waals surface area contributed by atoms with E-state index in [1.807, 2.05) is 24.3 Å². The summed E-state index contributed by atoms with van der Waals surface area (Å²) in [6, 6.07) is 17.0. The van der Waals surface area contributed by atoms with Gasteiger partial charge in [0.15, 0.2) is 5.69 Å². The van der Waals surface area contributed by atoms with Crippen LogP contribution in [0.2, 0.25) is 5.02 Å². The van der Waals surface area contributed by atoms with Gasteiger partial charge in [-0.3, -0.25) is 14.4 Å². The Bertz CT molecular complexity index is 2330. The summed E-state index contributed by atoms with van der Waals surface area (Å²) in [5.41, 5.74) is 3.90. The van der Waals surface area contributed by atoms with E-state index < -0.39 is 15.9 Å². The molecule has 0 fully saturated rings. The molecule has 2 aromatic heterocycles. The van der Waals surface area contributed by atoms with E-state index in [1.165, 1.54) is 28.9 Å². The van der Waals surface area contributed by atoms with Crippen molar-refractivity contribution >= 4 is 66.2 Å². The zero-order valence-corrected chi connectivity index (χ0v) is 34.0. The van der Waals surface area contributed by atoms with Gasteiger partial charge in [-0.2, -0.15) is 5.10 Å². The lowest BCUT2D eigenvalue weighted by atomic mass is 9.98. The van der Waals surface area contributed by atoms with Crippen LogP contribution in [0, 0.1) is 6.92 Å². The fraction of sp³-hybridized carbons (Fsp3) is 0.350. The largest absolute Gasteiger partial charge is 0.360 e. The molecule has 5 aromatic rings. The Morgan fingerprint density at radius 2 is 1.65 bits per heavy atom. The molecule has 0 unspecified atom stereocenters. The van der Waals surface area contributed by atoms with E-state index in [4.69, 9.17) is 16.7 Å². The van der Waals surface area contributed by atoms with Crippen LogP contribution >= 0.6 is 27.5 Å². The lowest BCUT2D eigenvalue weighted by Crippen LogP contribution is -2.38. The molecule has 11 nitrogen and oxygen atoms in total. The molecule has 6 rings (SSSR count). The molecular formula is C40H44BrClN6O5S. The highest BCUT2D eigenvalue weighted by Gasteiger charge is 2.33. The number of fused-ring (bicyclic) bond motifs is 2. The maximum absolute atomic E-state index is 14.6. The molecule has 1 aliphatic heterocycles. The highest BCUT2D eigenvalue weighted by Crippen LogP contribution is 2.31. The fourth-order valence-electron chi connectivity index (χ4n) is 6.80. The first kappa shape index (κ1) is 39.2. The number of benzene rings is 3. The summed E-state index contributed by atoms with van der Waals surface area (Å²) in [4.78, 5) is 49.2. The predicted octanol–water partition coefficient (Wildman–Crippen LogP) is 8.17. The van der Waals surface area contributed by atoms with Crippen LogP contribution in [0.1, 0.15) is 94.5 Å². The molecular weight excluding hydrogens is 792 g/mol. The van der Waals surface area contributed by atoms with Crippen molar-refractivity contribution in [1.82, 2.24) is 28.9 Å². The molecule has 1 aliphatic rings. The second kappa shape index (κ2) is 16.5. The Morgan fingerprint density at radius 1 is 0.944 bits per heavy atom. The number of nitrogens with one attached hydrogen (secondary N) is 1. The summed E-state index contributed by atoms with van der Waals surface area (Å²) in [7, 11) is -4.30. The molecule has 1 N–H and O–H groups in total. The van der Waals surface area contributed by atoms with Gasteiger partial charge in [0.05, 0.1) is 26.9 Å². The Morgan fingerprint density at radius 3 is 2.33 bits per heavy atom. The second-order valence-electron chi connectivity index (χ2n) is 13.5. The number of aromatic nitrogens is 3. The van der Waals surface area contributed by atoms with Crippen molar-refractivity contribution in [3.8, 4) is 5.69 Å². The van der Waals surface area contributed by atoms with Crippen LogP contribution in [0.15, 0.2) is 76.2 Å². The SMILES string of the molecule is CCCCN(CCCC)C(=O)c1nn(-c2ccc(C(=O)N(CC)S(=O)(=O)c3ccc4[nH]cc(Br)c4c3)cc2C(=O)N2CCc3ccccc3C2)c(C)c1Cl. The molecule has 3 amide bonds. The average molecular weight is 836 g/mol. The van der Waals surface area contributed by atoms with Crippen LogP contribution in [-0.2, 0) is 23.0 Å². The summed E-state index contributed by atoms with van der Waals surface area (Å²) in [5.74, 6) is -1.44. The van der Waals surface area contributed by atoms with Crippen LogP contribution in [-0.4, -0.2) is 81.2 Å². The normalized spacial score (nSPS) is 12.9. The number of carbonyl (C=O) groups is 3. The Hall–Kier alpha value is -4.46. The lowest BCUT2D eigenvalue weighted by Gasteiger charge is -2.30. The summed E-state index contributed by atoms with van der Waals surface area (Å²) in [5, 5.41) is 5.53. The van der Waals surface area contributed by atoms with Crippen LogP contribution in [0.4, 0.5) is 0 Å². The van der Waals surface area contributed by atoms with Crippen molar-refractivity contribution < 1.29 is 22.8 Å². The number of sulfonamides is 1. The predicted molar refractivity (Wildman–Crippen MR) is 214 cm³/mol. The quantitative estimate of drug-likeness (QED) is 0.128. The van der Waals surface area contributed by atoms with Crippen molar-refractivity contribution in [1.29, 1.82) is 0 Å². The van der Waals surface area contributed by atoms with Crippen molar-refractivity contribution in [2.45, 2.75) is 71.2 Å². The number of amides is 3. The minimum atomic E-state index is -4.30. The van der Waals surface area contributed by atoms with Gasteiger partial charge in [-0.25, -0.2) is 17.4 Å². The minimum absolute atomic E-state index is 0.00588. The van der Waals surface area contributed by atoms with Gasteiger partial charge >= 0.3 is 0 Å². The molecule has 3 heterocycles. The van der Waals surface area contributed by atoms with Gasteiger partial charge in [-0.1, -0.05) is 62.6 Å². The molecule has 3 aromatic carbocycles. The first-order chi connectivity index (χ1) is 25.9. The summed E-state index contributed by atoms with van der Waals surface area (Å²) in [6.45, 7) is 9.24. The van der Waals surface area contributed by atoms with Gasteiger partial charge in [0.1, 0.15) is 0 Å². The molecule has 0 bridgehead atoms. The number of carbonyl (C=O) groups excluding carboxylic acids is 3. The molecule has 0 aliphatic carbocycles. The zero-order valence-electron chi connectivity index (χ0n) is 30.9. The maximum Gasteiger partial charge on any atom is 0.275 e. The van der Waals surface area contributed by atoms with Gasteiger partial charge in [-0.15, -0.1) is 0 Å². The van der Waals surface area contributed by atoms with Crippen molar-refractivity contribution in [2.75, 3.05) is 26.2 Å². The first-order valence-corrected chi connectivity index (χ1v) is 20.9. The molecule has 0 saturated carbocycles. The average Bonchev–Trinajstić information content (AvgIpc) is 3.71. The van der Waals surface area contributed by atoms with Gasteiger partial charge in [0.25, 0.3) is 27.7 Å². The smallest absolute Gasteiger partial charge is 0.275 e. The molecule has 54 heavy (non-hydrogen) atoms. The summed E-state index contributed by atoms with van der Waals surface area (Å²) >= 11 is 10.3. The van der Waals surface area contributed by atoms with Gasteiger partial charge in [0, 0.05) is 59.9 Å². The van der Waals surface area contributed by atoms with Gasteiger partial charge < -0.3 is 14.8 Å². The lowest BCUT2D eigenvalue weighted by molar-refractivity contribution is 0.0732. The van der Waals surface area contributed by atoms with E-state index in [9.17, 15) is 22.8 Å². The third kappa shape index (κ3) is 7.58. The number of unbranched alkanes of at least 4 members (excludes halogenated alkanes) is 2. The van der Waals surface area contributed by atoms with E-state index in [0.717, 1.165) is 46.6 Å². The van der Waals surface area contributed by atoms with E-state index in [1.54, 1.807) is 42.0 Å². The number of nitrogens with zero attached hydrogens (tertiary/aromatic N) is 5. The number of hydrogen-bond donors (Lipinski definition) is 1. The first-order valence-electron chi connectivity index (χ1n) is 18.3. The van der Waals surface area contributed by atoms with E-state index in [-0.39, 0.29) is 45.1 Å². The van der Waals surface area contributed by atoms with Gasteiger partial charge in [-0.05, 0) is 96.6 Å². The van der Waals surface area contributed by atoms with E-state index >= 15 is 0 Å². The molecule has 0 spiro atoms. The van der Waals surface area contributed by atoms with Crippen molar-refractivity contribution in [2.24, 2.45) is 0 Å². The fourth-order valence-corrected chi connectivity index (χ4v) is 8.87. The van der Waals surface area contributed by atoms with Crippen LogP contribution in [0.3, 0.4) is 0 Å². The maximum atomic E-state index is 14.6. The molecule has 0 radical (unpaired) electrons. The second-order valence-corrected chi connectivity index (χ2v) is 16.6. The molecule has 0 saturated heterocycles. The number of hydrogen-bond acceptors (Lipinski definition) is 6. The Balaban J connectivity index is 1.42. The Kier molecular flexibility index (Phi) is 12.0. The summed E-state index contributed by atoms with van der Waals surface area (Å²) < 4.78 is 31.0. The van der Waals surface area contributed by atoms with Gasteiger partial charge in [0.2, 0.25) is 0 Å². The van der Waals surface area contributed by atoms with Crippen molar-refractivity contribution in [3.63, 3.8) is 0 Å².